The monoisotopic (exact) mass is 499 g/mol. The van der Waals surface area contributed by atoms with E-state index in [1.165, 1.54) is 23.1 Å². The molecule has 4 nitrogen and oxygen atoms in total. The van der Waals surface area contributed by atoms with Crippen LogP contribution in [-0.2, 0) is 4.79 Å². The minimum absolute atomic E-state index is 0.306. The van der Waals surface area contributed by atoms with Gasteiger partial charge in [0.15, 0.2) is 4.32 Å². The van der Waals surface area contributed by atoms with Gasteiger partial charge in [0.05, 0.1) is 10.6 Å². The predicted molar refractivity (Wildman–Crippen MR) is 136 cm³/mol. The number of anilines is 1. The van der Waals surface area contributed by atoms with Crippen LogP contribution in [0.1, 0.15) is 11.1 Å². The van der Waals surface area contributed by atoms with E-state index in [9.17, 15) is 9.18 Å². The van der Waals surface area contributed by atoms with E-state index in [-0.39, 0.29) is 5.91 Å². The second-order valence-corrected chi connectivity index (χ2v) is 9.30. The van der Waals surface area contributed by atoms with Crippen molar-refractivity contribution in [1.29, 1.82) is 0 Å². The summed E-state index contributed by atoms with van der Waals surface area (Å²) in [6, 6.07) is 18.7. The van der Waals surface area contributed by atoms with Gasteiger partial charge in [0.25, 0.3) is 5.91 Å². The summed E-state index contributed by atoms with van der Waals surface area (Å²) < 4.78 is 25.6. The second-order valence-electron chi connectivity index (χ2n) is 7.19. The Labute approximate surface area is 206 Å². The number of carbonyl (C=O) groups is 1. The van der Waals surface area contributed by atoms with E-state index in [4.69, 9.17) is 33.3 Å². The van der Waals surface area contributed by atoms with Crippen molar-refractivity contribution in [3.05, 3.63) is 93.6 Å². The van der Waals surface area contributed by atoms with Gasteiger partial charge in [-0.05, 0) is 61.5 Å². The van der Waals surface area contributed by atoms with Crippen molar-refractivity contribution in [3.63, 3.8) is 0 Å². The lowest BCUT2D eigenvalue weighted by atomic mass is 10.1. The Morgan fingerprint density at radius 2 is 1.82 bits per heavy atom. The van der Waals surface area contributed by atoms with E-state index in [2.05, 4.69) is 0 Å². The third-order valence-electron chi connectivity index (χ3n) is 4.75. The molecule has 0 radical (unpaired) electrons. The number of thiocarbonyl (C=S) groups is 1. The third kappa shape index (κ3) is 5.74. The molecule has 1 aliphatic rings. The van der Waals surface area contributed by atoms with E-state index in [0.717, 1.165) is 23.1 Å². The van der Waals surface area contributed by atoms with Gasteiger partial charge < -0.3 is 9.47 Å². The first kappa shape index (κ1) is 23.3. The SMILES string of the molecule is Cc1ccc(OCCOc2ccc(Cl)cc2/C=C2/SC(=S)N(c3cccc(F)c3)C2=O)cc1. The topological polar surface area (TPSA) is 38.8 Å². The summed E-state index contributed by atoms with van der Waals surface area (Å²) >= 11 is 12.7. The lowest BCUT2D eigenvalue weighted by molar-refractivity contribution is -0.113. The number of rotatable bonds is 7. The quantitative estimate of drug-likeness (QED) is 0.207. The summed E-state index contributed by atoms with van der Waals surface area (Å²) in [7, 11) is 0. The number of halogens is 2. The highest BCUT2D eigenvalue weighted by atomic mass is 35.5. The maximum Gasteiger partial charge on any atom is 0.270 e. The van der Waals surface area contributed by atoms with Gasteiger partial charge in [0.2, 0.25) is 0 Å². The van der Waals surface area contributed by atoms with Crippen molar-refractivity contribution in [2.45, 2.75) is 6.92 Å². The van der Waals surface area contributed by atoms with Crippen LogP contribution in [0.15, 0.2) is 71.6 Å². The van der Waals surface area contributed by atoms with E-state index in [1.54, 1.807) is 30.3 Å². The molecule has 0 bridgehead atoms. The maximum atomic E-state index is 13.6. The molecule has 1 amide bonds. The summed E-state index contributed by atoms with van der Waals surface area (Å²) in [5.74, 6) is 0.553. The summed E-state index contributed by atoms with van der Waals surface area (Å²) in [6.45, 7) is 2.67. The molecule has 0 unspecified atom stereocenters. The summed E-state index contributed by atoms with van der Waals surface area (Å²) in [5.41, 5.74) is 2.18. The zero-order valence-corrected chi connectivity index (χ0v) is 20.0. The molecule has 0 aliphatic carbocycles. The largest absolute Gasteiger partial charge is 0.490 e. The summed E-state index contributed by atoms with van der Waals surface area (Å²) in [4.78, 5) is 14.7. The molecule has 1 saturated heterocycles. The third-order valence-corrected chi connectivity index (χ3v) is 6.29. The number of benzene rings is 3. The second kappa shape index (κ2) is 10.4. The molecule has 4 rings (SSSR count). The first-order valence-electron chi connectivity index (χ1n) is 10.1. The highest BCUT2D eigenvalue weighted by Crippen LogP contribution is 2.37. The van der Waals surface area contributed by atoms with Crippen molar-refractivity contribution in [2.75, 3.05) is 18.1 Å². The maximum absolute atomic E-state index is 13.6. The van der Waals surface area contributed by atoms with Crippen LogP contribution >= 0.6 is 35.6 Å². The minimum atomic E-state index is -0.441. The van der Waals surface area contributed by atoms with Crippen LogP contribution in [0.5, 0.6) is 11.5 Å². The number of carbonyl (C=O) groups excluding carboxylic acids is 1. The molecule has 0 N–H and O–H groups in total. The highest BCUT2D eigenvalue weighted by molar-refractivity contribution is 8.27. The fourth-order valence-corrected chi connectivity index (χ4v) is 4.63. The number of ether oxygens (including phenoxy) is 2. The molecule has 168 valence electrons. The molecule has 1 aliphatic heterocycles. The minimum Gasteiger partial charge on any atom is -0.490 e. The number of hydrogen-bond acceptors (Lipinski definition) is 5. The Morgan fingerprint density at radius 1 is 1.06 bits per heavy atom. The molecular weight excluding hydrogens is 481 g/mol. The highest BCUT2D eigenvalue weighted by Gasteiger charge is 2.33. The molecule has 3 aromatic rings. The van der Waals surface area contributed by atoms with Crippen LogP contribution in [0, 0.1) is 12.7 Å². The van der Waals surface area contributed by atoms with Crippen molar-refractivity contribution >= 4 is 57.6 Å². The number of nitrogens with zero attached hydrogens (tertiary/aromatic N) is 1. The van der Waals surface area contributed by atoms with E-state index in [1.807, 2.05) is 31.2 Å². The predicted octanol–water partition coefficient (Wildman–Crippen LogP) is 6.65. The number of amides is 1. The Hall–Kier alpha value is -2.87. The average molecular weight is 500 g/mol. The summed E-state index contributed by atoms with van der Waals surface area (Å²) in [5, 5.41) is 0.505. The number of aryl methyl sites for hydroxylation is 1. The van der Waals surface area contributed by atoms with Gasteiger partial charge in [-0.15, -0.1) is 0 Å². The van der Waals surface area contributed by atoms with Gasteiger partial charge in [-0.1, -0.05) is 59.3 Å². The fraction of sp³-hybridized carbons (Fsp3) is 0.120. The van der Waals surface area contributed by atoms with Crippen LogP contribution in [0.3, 0.4) is 0 Å². The normalized spacial score (nSPS) is 14.8. The van der Waals surface area contributed by atoms with E-state index in [0.29, 0.717) is 44.5 Å². The van der Waals surface area contributed by atoms with Crippen LogP contribution in [-0.4, -0.2) is 23.4 Å². The first-order valence-corrected chi connectivity index (χ1v) is 11.7. The Balaban J connectivity index is 1.48. The Kier molecular flexibility index (Phi) is 7.33. The summed E-state index contributed by atoms with van der Waals surface area (Å²) in [6.07, 6.45) is 1.68. The molecular formula is C25H19ClFNO3S2. The fourth-order valence-electron chi connectivity index (χ4n) is 3.16. The molecule has 1 heterocycles. The van der Waals surface area contributed by atoms with Gasteiger partial charge in [-0.2, -0.15) is 0 Å². The molecule has 0 aromatic heterocycles. The van der Waals surface area contributed by atoms with Crippen molar-refractivity contribution < 1.29 is 18.7 Å². The molecule has 0 spiro atoms. The van der Waals surface area contributed by atoms with Crippen LogP contribution in [0.4, 0.5) is 10.1 Å². The lowest BCUT2D eigenvalue weighted by Gasteiger charge is -2.14. The van der Waals surface area contributed by atoms with Crippen LogP contribution in [0.2, 0.25) is 5.02 Å². The molecule has 0 saturated carbocycles. The Morgan fingerprint density at radius 3 is 2.58 bits per heavy atom. The molecule has 33 heavy (non-hydrogen) atoms. The molecule has 1 fully saturated rings. The molecule has 8 heteroatoms. The standard InChI is InChI=1S/C25H19ClFNO3S2/c1-16-5-8-21(9-6-16)30-11-12-31-22-10-7-18(26)13-17(22)14-23-24(29)28(25(32)33-23)20-4-2-3-19(27)15-20/h2-10,13-15H,11-12H2,1H3/b23-14+. The van der Waals surface area contributed by atoms with Crippen molar-refractivity contribution in [1.82, 2.24) is 0 Å². The molecule has 0 atom stereocenters. The number of hydrogen-bond donors (Lipinski definition) is 0. The molecule has 3 aromatic carbocycles. The number of thioether (sulfide) groups is 1. The van der Waals surface area contributed by atoms with Gasteiger partial charge in [-0.25, -0.2) is 4.39 Å². The van der Waals surface area contributed by atoms with Crippen LogP contribution < -0.4 is 14.4 Å². The lowest BCUT2D eigenvalue weighted by Crippen LogP contribution is -2.27. The van der Waals surface area contributed by atoms with Crippen molar-refractivity contribution in [3.8, 4) is 11.5 Å². The zero-order chi connectivity index (χ0) is 23.4. The first-order chi connectivity index (χ1) is 15.9. The average Bonchev–Trinajstić information content (AvgIpc) is 3.06. The van der Waals surface area contributed by atoms with Gasteiger partial charge in [0, 0.05) is 10.6 Å². The van der Waals surface area contributed by atoms with E-state index < -0.39 is 5.82 Å². The van der Waals surface area contributed by atoms with Gasteiger partial charge in [0.1, 0.15) is 30.5 Å². The van der Waals surface area contributed by atoms with Crippen molar-refractivity contribution in [2.24, 2.45) is 0 Å². The Bertz CT molecular complexity index is 1230. The van der Waals surface area contributed by atoms with E-state index >= 15 is 0 Å². The zero-order valence-electron chi connectivity index (χ0n) is 17.6. The van der Waals surface area contributed by atoms with Crippen LogP contribution in [0.25, 0.3) is 6.08 Å². The van der Waals surface area contributed by atoms with Gasteiger partial charge in [-0.3, -0.25) is 9.69 Å². The smallest absolute Gasteiger partial charge is 0.270 e. The van der Waals surface area contributed by atoms with Gasteiger partial charge >= 0.3 is 0 Å².